The Labute approximate surface area is 124 Å². The van der Waals surface area contributed by atoms with Crippen molar-refractivity contribution >= 4 is 27.3 Å². The summed E-state index contributed by atoms with van der Waals surface area (Å²) in [6.07, 6.45) is 3.00. The Bertz CT molecular complexity index is 639. The fraction of sp³-hybridized carbons (Fsp3) is 0.500. The van der Waals surface area contributed by atoms with Crippen LogP contribution >= 0.6 is 0 Å². The molecule has 1 atom stereocenters. The van der Waals surface area contributed by atoms with Crippen molar-refractivity contribution in [2.45, 2.75) is 25.3 Å². The molecule has 0 aromatic heterocycles. The van der Waals surface area contributed by atoms with Crippen LogP contribution in [0.2, 0.25) is 0 Å². The van der Waals surface area contributed by atoms with Crippen LogP contribution in [-0.2, 0) is 14.8 Å². The number of hydrogen-bond donors (Lipinski definition) is 2. The normalized spacial score (nSPS) is 22.6. The molecule has 1 amide bonds. The maximum Gasteiger partial charge on any atom is 0.245 e. The summed E-state index contributed by atoms with van der Waals surface area (Å²) < 4.78 is 26.6. The minimum Gasteiger partial charge on any atom is -0.323 e. The van der Waals surface area contributed by atoms with Crippen LogP contribution in [0.25, 0.3) is 0 Å². The Morgan fingerprint density at radius 3 is 2.81 bits per heavy atom. The number of nitrogens with one attached hydrogen (secondary N) is 2. The van der Waals surface area contributed by atoms with Crippen LogP contribution in [0.15, 0.2) is 24.3 Å². The zero-order chi connectivity index (χ0) is 14.9. The molecule has 0 bridgehead atoms. The number of benzene rings is 1. The highest BCUT2D eigenvalue weighted by molar-refractivity contribution is 7.92. The Balaban J connectivity index is 1.86. The third kappa shape index (κ3) is 3.03. The van der Waals surface area contributed by atoms with E-state index in [-0.39, 0.29) is 24.2 Å². The molecule has 0 aliphatic carbocycles. The second kappa shape index (κ2) is 5.65. The minimum atomic E-state index is -3.52. The summed E-state index contributed by atoms with van der Waals surface area (Å²) in [6.45, 7) is 0.712. The first-order valence-corrected chi connectivity index (χ1v) is 8.80. The molecule has 2 aliphatic heterocycles. The molecule has 1 aromatic carbocycles. The van der Waals surface area contributed by atoms with Gasteiger partial charge < -0.3 is 10.6 Å². The molecule has 2 N–H and O–H groups in total. The molecule has 3 rings (SSSR count). The summed E-state index contributed by atoms with van der Waals surface area (Å²) in [7, 11) is -3.52. The Morgan fingerprint density at radius 1 is 1.24 bits per heavy atom. The lowest BCUT2D eigenvalue weighted by molar-refractivity contribution is -0.115. The number of hydrogen-bond acceptors (Lipinski definition) is 4. The van der Waals surface area contributed by atoms with Crippen molar-refractivity contribution < 1.29 is 13.2 Å². The number of rotatable bonds is 3. The van der Waals surface area contributed by atoms with Gasteiger partial charge >= 0.3 is 0 Å². The third-order valence-electron chi connectivity index (χ3n) is 3.89. The van der Waals surface area contributed by atoms with E-state index in [0.29, 0.717) is 11.4 Å². The summed E-state index contributed by atoms with van der Waals surface area (Å²) in [4.78, 5) is 11.7. The molecule has 1 aromatic rings. The monoisotopic (exact) mass is 309 g/mol. The molecule has 114 valence electrons. The molecule has 1 unspecified atom stereocenters. The highest BCUT2D eigenvalue weighted by Crippen LogP contribution is 2.31. The summed E-state index contributed by atoms with van der Waals surface area (Å²) in [6, 6.07) is 6.96. The van der Waals surface area contributed by atoms with Crippen molar-refractivity contribution in [1.29, 1.82) is 0 Å². The van der Waals surface area contributed by atoms with Crippen LogP contribution in [0.4, 0.5) is 11.4 Å². The van der Waals surface area contributed by atoms with Gasteiger partial charge in [-0.25, -0.2) is 8.42 Å². The summed E-state index contributed by atoms with van der Waals surface area (Å²) in [5.41, 5.74) is 1.10. The Hall–Kier alpha value is -1.60. The Kier molecular flexibility index (Phi) is 3.86. The van der Waals surface area contributed by atoms with Crippen LogP contribution < -0.4 is 14.9 Å². The van der Waals surface area contributed by atoms with E-state index >= 15 is 0 Å². The molecular weight excluding hydrogens is 290 g/mol. The molecule has 0 saturated carbocycles. The molecule has 0 radical (unpaired) electrons. The largest absolute Gasteiger partial charge is 0.323 e. The fourth-order valence-corrected chi connectivity index (χ4v) is 4.61. The first kappa shape index (κ1) is 14.3. The molecular formula is C14H19N3O3S. The molecule has 1 fully saturated rings. The van der Waals surface area contributed by atoms with Gasteiger partial charge in [-0.3, -0.25) is 9.10 Å². The second-order valence-corrected chi connectivity index (χ2v) is 7.44. The van der Waals surface area contributed by atoms with Crippen molar-refractivity contribution in [1.82, 2.24) is 5.32 Å². The SMILES string of the molecule is O=C1CN(S(=O)(=O)CC2CCCCN2)c2ccccc2N1. The first-order valence-electron chi connectivity index (χ1n) is 7.19. The number of sulfonamides is 1. The summed E-state index contributed by atoms with van der Waals surface area (Å²) in [5.74, 6) is -0.261. The Morgan fingerprint density at radius 2 is 2.05 bits per heavy atom. The number of nitrogens with zero attached hydrogens (tertiary/aromatic N) is 1. The van der Waals surface area contributed by atoms with E-state index in [1.165, 1.54) is 4.31 Å². The predicted molar refractivity (Wildman–Crippen MR) is 81.8 cm³/mol. The lowest BCUT2D eigenvalue weighted by Gasteiger charge is -2.32. The van der Waals surface area contributed by atoms with Gasteiger partial charge in [0, 0.05) is 6.04 Å². The van der Waals surface area contributed by atoms with Crippen LogP contribution in [0.5, 0.6) is 0 Å². The van der Waals surface area contributed by atoms with E-state index in [2.05, 4.69) is 10.6 Å². The lowest BCUT2D eigenvalue weighted by atomic mass is 10.1. The quantitative estimate of drug-likeness (QED) is 0.870. The van der Waals surface area contributed by atoms with Gasteiger partial charge in [0.1, 0.15) is 6.54 Å². The molecule has 6 nitrogen and oxygen atoms in total. The highest BCUT2D eigenvalue weighted by atomic mass is 32.2. The first-order chi connectivity index (χ1) is 10.1. The van der Waals surface area contributed by atoms with E-state index in [9.17, 15) is 13.2 Å². The zero-order valence-electron chi connectivity index (χ0n) is 11.7. The van der Waals surface area contributed by atoms with E-state index in [1.807, 2.05) is 0 Å². The standard InChI is InChI=1S/C14H19N3O3S/c18-14-9-17(13-7-2-1-6-12(13)16-14)21(19,20)10-11-5-3-4-8-15-11/h1-2,6-7,11,15H,3-5,8-10H2,(H,16,18). The number of para-hydroxylation sites is 2. The predicted octanol–water partition coefficient (Wildman–Crippen LogP) is 0.917. The van der Waals surface area contributed by atoms with Crippen molar-refractivity contribution in [3.05, 3.63) is 24.3 Å². The summed E-state index contributed by atoms with van der Waals surface area (Å²) >= 11 is 0. The van der Waals surface area contributed by atoms with Crippen LogP contribution in [-0.4, -0.2) is 39.2 Å². The maximum absolute atomic E-state index is 12.7. The van der Waals surface area contributed by atoms with Crippen molar-refractivity contribution in [2.24, 2.45) is 0 Å². The van der Waals surface area contributed by atoms with Gasteiger partial charge in [-0.1, -0.05) is 18.6 Å². The van der Waals surface area contributed by atoms with E-state index in [0.717, 1.165) is 25.8 Å². The number of carbonyl (C=O) groups is 1. The fourth-order valence-electron chi connectivity index (χ4n) is 2.86. The smallest absolute Gasteiger partial charge is 0.245 e. The molecule has 0 spiro atoms. The van der Waals surface area contributed by atoms with Gasteiger partial charge in [0.15, 0.2) is 0 Å². The van der Waals surface area contributed by atoms with E-state index in [1.54, 1.807) is 24.3 Å². The van der Waals surface area contributed by atoms with E-state index < -0.39 is 10.0 Å². The third-order valence-corrected chi connectivity index (χ3v) is 5.71. The number of amides is 1. The molecule has 2 aliphatic rings. The van der Waals surface area contributed by atoms with Crippen molar-refractivity contribution in [2.75, 3.05) is 28.5 Å². The van der Waals surface area contributed by atoms with Crippen LogP contribution in [0.3, 0.4) is 0 Å². The van der Waals surface area contributed by atoms with Crippen LogP contribution in [0, 0.1) is 0 Å². The average molecular weight is 309 g/mol. The van der Waals surface area contributed by atoms with E-state index in [4.69, 9.17) is 0 Å². The molecule has 2 heterocycles. The van der Waals surface area contributed by atoms with Gasteiger partial charge in [-0.05, 0) is 31.5 Å². The minimum absolute atomic E-state index is 0.0269. The molecule has 1 saturated heterocycles. The van der Waals surface area contributed by atoms with Gasteiger partial charge in [0.25, 0.3) is 0 Å². The van der Waals surface area contributed by atoms with Crippen molar-refractivity contribution in [3.63, 3.8) is 0 Å². The number of piperidine rings is 1. The topological polar surface area (TPSA) is 78.5 Å². The maximum atomic E-state index is 12.7. The number of carbonyl (C=O) groups excluding carboxylic acids is 1. The number of fused-ring (bicyclic) bond motifs is 1. The van der Waals surface area contributed by atoms with Crippen molar-refractivity contribution in [3.8, 4) is 0 Å². The summed E-state index contributed by atoms with van der Waals surface area (Å²) in [5, 5.41) is 5.95. The average Bonchev–Trinajstić information content (AvgIpc) is 2.47. The van der Waals surface area contributed by atoms with Gasteiger partial charge in [-0.2, -0.15) is 0 Å². The highest BCUT2D eigenvalue weighted by Gasteiger charge is 2.33. The van der Waals surface area contributed by atoms with Crippen LogP contribution in [0.1, 0.15) is 19.3 Å². The van der Waals surface area contributed by atoms with Gasteiger partial charge in [0.05, 0.1) is 17.1 Å². The number of anilines is 2. The lowest BCUT2D eigenvalue weighted by Crippen LogP contribution is -2.48. The second-order valence-electron chi connectivity index (χ2n) is 5.50. The molecule has 21 heavy (non-hydrogen) atoms. The zero-order valence-corrected chi connectivity index (χ0v) is 12.5. The van der Waals surface area contributed by atoms with Gasteiger partial charge in [-0.15, -0.1) is 0 Å². The molecule has 7 heteroatoms. The van der Waals surface area contributed by atoms with Gasteiger partial charge in [0.2, 0.25) is 15.9 Å².